The van der Waals surface area contributed by atoms with E-state index in [4.69, 9.17) is 4.74 Å². The second kappa shape index (κ2) is 8.70. The third kappa shape index (κ3) is 3.23. The molecule has 3 aromatic carbocycles. The number of carbonyl (C=O) groups excluding carboxylic acids is 1. The largest absolute Gasteiger partial charge is 0.497 e. The Morgan fingerprint density at radius 2 is 1.80 bits per heavy atom. The number of benzene rings is 3. The van der Waals surface area contributed by atoms with Crippen molar-refractivity contribution < 1.29 is 9.53 Å². The number of nitrogens with zero attached hydrogens (tertiary/aromatic N) is 2. The van der Waals surface area contributed by atoms with Gasteiger partial charge in [0.1, 0.15) is 5.75 Å². The van der Waals surface area contributed by atoms with Crippen molar-refractivity contribution in [2.75, 3.05) is 26.7 Å². The van der Waals surface area contributed by atoms with Gasteiger partial charge in [-0.15, -0.1) is 0 Å². The van der Waals surface area contributed by atoms with Gasteiger partial charge in [-0.1, -0.05) is 54.6 Å². The lowest BCUT2D eigenvalue weighted by atomic mass is 9.43. The summed E-state index contributed by atoms with van der Waals surface area (Å²) >= 11 is 0. The lowest BCUT2D eigenvalue weighted by Crippen LogP contribution is -2.69. The summed E-state index contributed by atoms with van der Waals surface area (Å²) in [6.45, 7) is 3.42. The van der Waals surface area contributed by atoms with E-state index < -0.39 is 0 Å². The van der Waals surface area contributed by atoms with Gasteiger partial charge in [-0.2, -0.15) is 0 Å². The van der Waals surface area contributed by atoms with Crippen LogP contribution in [-0.2, 0) is 11.8 Å². The van der Waals surface area contributed by atoms with Gasteiger partial charge in [0.2, 0.25) is 0 Å². The topological polar surface area (TPSA) is 32.8 Å². The van der Waals surface area contributed by atoms with Crippen LogP contribution in [0.1, 0.15) is 60.0 Å². The van der Waals surface area contributed by atoms with Crippen molar-refractivity contribution in [2.24, 2.45) is 23.2 Å². The Bertz CT molecular complexity index is 1530. The van der Waals surface area contributed by atoms with Crippen molar-refractivity contribution in [3.05, 3.63) is 89.5 Å². The van der Waals surface area contributed by atoms with Gasteiger partial charge < -0.3 is 9.64 Å². The van der Waals surface area contributed by atoms with E-state index in [1.807, 2.05) is 19.2 Å². The maximum atomic E-state index is 14.5. The molecule has 4 bridgehead atoms. The molecule has 9 rings (SSSR count). The number of methoxy groups -OCH3 is 1. The minimum atomic E-state index is 0.154. The zero-order chi connectivity index (χ0) is 27.3. The second-order valence-electron chi connectivity index (χ2n) is 14.0. The van der Waals surface area contributed by atoms with E-state index in [1.54, 1.807) is 11.1 Å². The van der Waals surface area contributed by atoms with Crippen LogP contribution in [0.15, 0.2) is 72.8 Å². The van der Waals surface area contributed by atoms with E-state index in [0.29, 0.717) is 29.3 Å². The van der Waals surface area contributed by atoms with Crippen LogP contribution in [0.25, 0.3) is 11.1 Å². The Morgan fingerprint density at radius 1 is 0.976 bits per heavy atom. The number of amides is 1. The first-order chi connectivity index (χ1) is 20.1. The second-order valence-corrected chi connectivity index (χ2v) is 14.0. The molecule has 0 N–H and O–H groups in total. The van der Waals surface area contributed by atoms with Crippen molar-refractivity contribution in [1.82, 2.24) is 9.80 Å². The molecule has 4 nitrogen and oxygen atoms in total. The molecule has 0 radical (unpaired) electrons. The molecule has 41 heavy (non-hydrogen) atoms. The third-order valence-electron chi connectivity index (χ3n) is 12.5. The number of rotatable bonds is 5. The van der Waals surface area contributed by atoms with Crippen LogP contribution in [0, 0.1) is 23.2 Å². The Labute approximate surface area is 243 Å². The molecule has 2 heterocycles. The molecule has 0 aromatic heterocycles. The summed E-state index contributed by atoms with van der Waals surface area (Å²) in [7, 11) is 1.81. The molecular weight excluding hydrogens is 504 g/mol. The number of ether oxygens (including phenoxy) is 1. The maximum Gasteiger partial charge on any atom is 0.254 e. The van der Waals surface area contributed by atoms with E-state index in [0.717, 1.165) is 41.3 Å². The van der Waals surface area contributed by atoms with E-state index in [1.165, 1.54) is 51.6 Å². The third-order valence-corrected chi connectivity index (χ3v) is 12.5. The molecule has 210 valence electrons. The maximum absolute atomic E-state index is 14.5. The smallest absolute Gasteiger partial charge is 0.254 e. The molecule has 6 aliphatic rings. The summed E-state index contributed by atoms with van der Waals surface area (Å²) in [6.07, 6.45) is 8.93. The minimum absolute atomic E-state index is 0.154. The van der Waals surface area contributed by atoms with Gasteiger partial charge in [0.25, 0.3) is 5.91 Å². The van der Waals surface area contributed by atoms with Crippen LogP contribution in [0.2, 0.25) is 0 Å². The summed E-state index contributed by atoms with van der Waals surface area (Å²) < 4.78 is 5.83. The molecule has 2 saturated heterocycles. The molecule has 3 saturated carbocycles. The van der Waals surface area contributed by atoms with Crippen LogP contribution in [0.4, 0.5) is 0 Å². The molecule has 5 unspecified atom stereocenters. The lowest BCUT2D eigenvalue weighted by molar-refractivity contribution is -0.102. The summed E-state index contributed by atoms with van der Waals surface area (Å²) in [6, 6.07) is 26.6. The van der Waals surface area contributed by atoms with Crippen LogP contribution < -0.4 is 4.74 Å². The molecule has 1 amide bonds. The fourth-order valence-electron chi connectivity index (χ4n) is 11.0. The molecule has 2 aliphatic heterocycles. The normalized spacial score (nSPS) is 34.7. The van der Waals surface area contributed by atoms with E-state index in [2.05, 4.69) is 70.5 Å². The number of hydrogen-bond acceptors (Lipinski definition) is 3. The number of hydrogen-bond donors (Lipinski definition) is 0. The Hall–Kier alpha value is -3.11. The van der Waals surface area contributed by atoms with Crippen LogP contribution in [0.5, 0.6) is 5.75 Å². The number of carbonyl (C=O) groups is 1. The first-order valence-electron chi connectivity index (χ1n) is 16.0. The summed E-state index contributed by atoms with van der Waals surface area (Å²) in [5.41, 5.74) is 6.65. The standard InChI is InChI=1S/C37H40N2O2/c1-41-28-14-13-26-19-33-36-16-15-32-34(37(36,31(26)20-28)17-18-38(33)22-24-11-12-24)27(21-36)23-39(32)35(40)30-10-6-5-9-29(30)25-7-3-2-4-8-25/h2-10,13-14,20,24,27,32-34H,11-12,15-19,21-23H2,1H3/t27-,32?,33?,34?,36?,37?/m1/s1. The average molecular weight is 545 g/mol. The molecule has 5 fully saturated rings. The predicted octanol–water partition coefficient (Wildman–Crippen LogP) is 6.58. The Balaban J connectivity index is 1.14. The highest BCUT2D eigenvalue weighted by molar-refractivity contribution is 6.01. The molecule has 4 heteroatoms. The highest BCUT2D eigenvalue weighted by Crippen LogP contribution is 2.75. The Morgan fingerprint density at radius 3 is 2.63 bits per heavy atom. The summed E-state index contributed by atoms with van der Waals surface area (Å²) in [5, 5.41) is 0. The number of likely N-dealkylation sites (tertiary alicyclic amines) is 2. The van der Waals surface area contributed by atoms with Gasteiger partial charge in [0.15, 0.2) is 0 Å². The van der Waals surface area contributed by atoms with Gasteiger partial charge in [-0.3, -0.25) is 9.69 Å². The quantitative estimate of drug-likeness (QED) is 0.364. The first-order valence-corrected chi connectivity index (χ1v) is 16.0. The van der Waals surface area contributed by atoms with Crippen LogP contribution >= 0.6 is 0 Å². The first kappa shape index (κ1) is 24.5. The molecular formula is C37H40N2O2. The van der Waals surface area contributed by atoms with Gasteiger partial charge in [-0.25, -0.2) is 0 Å². The van der Waals surface area contributed by atoms with Crippen molar-refractivity contribution in [3.63, 3.8) is 0 Å². The predicted molar refractivity (Wildman–Crippen MR) is 161 cm³/mol. The van der Waals surface area contributed by atoms with Gasteiger partial charge in [-0.05, 0) is 115 Å². The van der Waals surface area contributed by atoms with Gasteiger partial charge in [0.05, 0.1) is 7.11 Å². The zero-order valence-corrected chi connectivity index (χ0v) is 24.1. The fourth-order valence-corrected chi connectivity index (χ4v) is 11.0. The average Bonchev–Trinajstić information content (AvgIpc) is 3.71. The molecule has 0 spiro atoms. The molecule has 4 aliphatic carbocycles. The Kier molecular flexibility index (Phi) is 5.20. The lowest BCUT2D eigenvalue weighted by Gasteiger charge is -2.66. The van der Waals surface area contributed by atoms with Crippen molar-refractivity contribution in [3.8, 4) is 16.9 Å². The van der Waals surface area contributed by atoms with Crippen molar-refractivity contribution in [1.29, 1.82) is 0 Å². The van der Waals surface area contributed by atoms with Gasteiger partial charge in [0, 0.05) is 36.2 Å². The number of piperidine rings is 1. The van der Waals surface area contributed by atoms with Crippen LogP contribution in [-0.4, -0.2) is 54.5 Å². The van der Waals surface area contributed by atoms with E-state index in [9.17, 15) is 4.79 Å². The highest BCUT2D eigenvalue weighted by Gasteiger charge is 2.76. The molecule has 6 atom stereocenters. The highest BCUT2D eigenvalue weighted by atomic mass is 16.5. The van der Waals surface area contributed by atoms with Crippen molar-refractivity contribution in [2.45, 2.75) is 62.4 Å². The van der Waals surface area contributed by atoms with Gasteiger partial charge >= 0.3 is 0 Å². The van der Waals surface area contributed by atoms with E-state index >= 15 is 0 Å². The number of fused-ring (bicyclic) bond motifs is 1. The SMILES string of the molecule is COc1ccc2c(c1)C13CCN(CC4CC4)C(C2)C12CCC1C3[C@@H](CN1C(=O)c1ccccc1-c1ccccc1)C2. The minimum Gasteiger partial charge on any atom is -0.497 e. The monoisotopic (exact) mass is 544 g/mol. The zero-order valence-electron chi connectivity index (χ0n) is 24.1. The molecule has 3 aromatic rings. The fraction of sp³-hybridized carbons (Fsp3) is 0.486. The van der Waals surface area contributed by atoms with Crippen LogP contribution in [0.3, 0.4) is 0 Å². The van der Waals surface area contributed by atoms with E-state index in [-0.39, 0.29) is 11.3 Å². The summed E-state index contributed by atoms with van der Waals surface area (Å²) in [4.78, 5) is 19.8. The summed E-state index contributed by atoms with van der Waals surface area (Å²) in [5.74, 6) is 3.27. The van der Waals surface area contributed by atoms with Crippen molar-refractivity contribution >= 4 is 5.91 Å².